The third-order valence-electron chi connectivity index (χ3n) is 4.72. The standard InChI is InChI=1S/C24H25FO/c1-3-4-18-5-10-20(11-6-18)22-14-13-21(24(25)17-22)12-7-19-8-15-23(26-2)16-9-19/h5-6,8-11,13-17H,3-4,7,12H2,1-2H3. The molecule has 0 fully saturated rings. The zero-order chi connectivity index (χ0) is 18.4. The molecule has 0 aliphatic rings. The van der Waals surface area contributed by atoms with E-state index in [0.29, 0.717) is 6.42 Å². The van der Waals surface area contributed by atoms with Gasteiger partial charge in [-0.3, -0.25) is 0 Å². The maximum atomic E-state index is 14.5. The van der Waals surface area contributed by atoms with Crippen molar-refractivity contribution in [2.24, 2.45) is 0 Å². The lowest BCUT2D eigenvalue weighted by Gasteiger charge is -2.08. The Balaban J connectivity index is 1.68. The number of hydrogen-bond acceptors (Lipinski definition) is 1. The lowest BCUT2D eigenvalue weighted by molar-refractivity contribution is 0.414. The maximum Gasteiger partial charge on any atom is 0.127 e. The van der Waals surface area contributed by atoms with Gasteiger partial charge in [0.2, 0.25) is 0 Å². The summed E-state index contributed by atoms with van der Waals surface area (Å²) in [6.45, 7) is 2.17. The molecule has 3 aromatic carbocycles. The van der Waals surface area contributed by atoms with Crippen molar-refractivity contribution in [3.63, 3.8) is 0 Å². The highest BCUT2D eigenvalue weighted by atomic mass is 19.1. The fourth-order valence-electron chi connectivity index (χ4n) is 3.15. The maximum absolute atomic E-state index is 14.5. The summed E-state index contributed by atoms with van der Waals surface area (Å²) in [5.41, 5.74) is 5.25. The van der Waals surface area contributed by atoms with Gasteiger partial charge in [0, 0.05) is 0 Å². The number of hydrogen-bond donors (Lipinski definition) is 0. The van der Waals surface area contributed by atoms with Crippen molar-refractivity contribution in [2.45, 2.75) is 32.6 Å². The Morgan fingerprint density at radius 2 is 1.35 bits per heavy atom. The summed E-state index contributed by atoms with van der Waals surface area (Å²) in [5, 5.41) is 0. The quantitative estimate of drug-likeness (QED) is 0.491. The van der Waals surface area contributed by atoms with Crippen molar-refractivity contribution in [1.82, 2.24) is 0 Å². The van der Waals surface area contributed by atoms with Crippen molar-refractivity contribution in [3.8, 4) is 16.9 Å². The molecule has 0 unspecified atom stereocenters. The summed E-state index contributed by atoms with van der Waals surface area (Å²) in [4.78, 5) is 0. The second-order valence-electron chi connectivity index (χ2n) is 6.60. The molecule has 1 nitrogen and oxygen atoms in total. The van der Waals surface area contributed by atoms with Crippen LogP contribution >= 0.6 is 0 Å². The van der Waals surface area contributed by atoms with Crippen LogP contribution in [0.3, 0.4) is 0 Å². The van der Waals surface area contributed by atoms with Gasteiger partial charge in [0.15, 0.2) is 0 Å². The van der Waals surface area contributed by atoms with Crippen LogP contribution in [-0.4, -0.2) is 7.11 Å². The van der Waals surface area contributed by atoms with Crippen LogP contribution in [-0.2, 0) is 19.3 Å². The first-order valence-electron chi connectivity index (χ1n) is 9.20. The van der Waals surface area contributed by atoms with Gasteiger partial charge in [-0.15, -0.1) is 0 Å². The highest BCUT2D eigenvalue weighted by molar-refractivity contribution is 5.64. The van der Waals surface area contributed by atoms with Crippen LogP contribution in [0.2, 0.25) is 0 Å². The molecule has 0 amide bonds. The van der Waals surface area contributed by atoms with E-state index in [1.807, 2.05) is 36.4 Å². The fraction of sp³-hybridized carbons (Fsp3) is 0.250. The number of rotatable bonds is 7. The molecule has 0 aliphatic heterocycles. The zero-order valence-corrected chi connectivity index (χ0v) is 15.5. The Bertz CT molecular complexity index is 835. The molecule has 0 aromatic heterocycles. The molecule has 26 heavy (non-hydrogen) atoms. The second-order valence-corrected chi connectivity index (χ2v) is 6.60. The van der Waals surface area contributed by atoms with Gasteiger partial charge < -0.3 is 4.74 Å². The third-order valence-corrected chi connectivity index (χ3v) is 4.72. The lowest BCUT2D eigenvalue weighted by atomic mass is 9.98. The van der Waals surface area contributed by atoms with Gasteiger partial charge in [-0.25, -0.2) is 4.39 Å². The predicted octanol–water partition coefficient (Wildman–Crippen LogP) is 6.24. The van der Waals surface area contributed by atoms with E-state index in [1.165, 1.54) is 11.1 Å². The molecule has 0 N–H and O–H groups in total. The van der Waals surface area contributed by atoms with E-state index in [-0.39, 0.29) is 5.82 Å². The SMILES string of the molecule is CCCc1ccc(-c2ccc(CCc3ccc(OC)cc3)c(F)c2)cc1. The monoisotopic (exact) mass is 348 g/mol. The highest BCUT2D eigenvalue weighted by Gasteiger charge is 2.06. The smallest absolute Gasteiger partial charge is 0.127 e. The van der Waals surface area contributed by atoms with Gasteiger partial charge in [-0.05, 0) is 65.3 Å². The first kappa shape index (κ1) is 18.2. The first-order valence-corrected chi connectivity index (χ1v) is 9.20. The van der Waals surface area contributed by atoms with E-state index >= 15 is 0 Å². The average Bonchev–Trinajstić information content (AvgIpc) is 2.68. The highest BCUT2D eigenvalue weighted by Crippen LogP contribution is 2.24. The molecule has 0 atom stereocenters. The van der Waals surface area contributed by atoms with E-state index in [2.05, 4.69) is 31.2 Å². The summed E-state index contributed by atoms with van der Waals surface area (Å²) < 4.78 is 19.7. The number of aryl methyl sites for hydroxylation is 3. The van der Waals surface area contributed by atoms with E-state index in [4.69, 9.17) is 4.74 Å². The number of methoxy groups -OCH3 is 1. The predicted molar refractivity (Wildman–Crippen MR) is 106 cm³/mol. The second kappa shape index (κ2) is 8.66. The Labute approximate surface area is 155 Å². The Morgan fingerprint density at radius 1 is 0.731 bits per heavy atom. The Hall–Kier alpha value is -2.61. The molecule has 134 valence electrons. The summed E-state index contributed by atoms with van der Waals surface area (Å²) in [7, 11) is 1.66. The number of halogens is 1. The molecule has 0 bridgehead atoms. The minimum Gasteiger partial charge on any atom is -0.497 e. The van der Waals surface area contributed by atoms with Crippen molar-refractivity contribution in [2.75, 3.05) is 7.11 Å². The van der Waals surface area contributed by atoms with E-state index in [1.54, 1.807) is 13.2 Å². The van der Waals surface area contributed by atoms with Crippen LogP contribution < -0.4 is 4.74 Å². The minimum atomic E-state index is -0.131. The van der Waals surface area contributed by atoms with Gasteiger partial charge >= 0.3 is 0 Å². The summed E-state index contributed by atoms with van der Waals surface area (Å²) >= 11 is 0. The van der Waals surface area contributed by atoms with Crippen molar-refractivity contribution in [1.29, 1.82) is 0 Å². The van der Waals surface area contributed by atoms with E-state index < -0.39 is 0 Å². The zero-order valence-electron chi connectivity index (χ0n) is 15.5. The van der Waals surface area contributed by atoms with Crippen molar-refractivity contribution >= 4 is 0 Å². The molecule has 0 spiro atoms. The van der Waals surface area contributed by atoms with Crippen LogP contribution in [0, 0.1) is 5.82 Å². The molecular weight excluding hydrogens is 323 g/mol. The Kier molecular flexibility index (Phi) is 6.06. The Morgan fingerprint density at radius 3 is 1.96 bits per heavy atom. The molecule has 0 saturated heterocycles. The van der Waals surface area contributed by atoms with E-state index in [9.17, 15) is 4.39 Å². The van der Waals surface area contributed by atoms with E-state index in [0.717, 1.165) is 41.7 Å². The molecule has 2 heteroatoms. The molecule has 0 radical (unpaired) electrons. The van der Waals surface area contributed by atoms with Crippen molar-refractivity contribution in [3.05, 3.63) is 89.2 Å². The average molecular weight is 348 g/mol. The largest absolute Gasteiger partial charge is 0.497 e. The van der Waals surface area contributed by atoms with Gasteiger partial charge in [0.25, 0.3) is 0 Å². The van der Waals surface area contributed by atoms with Gasteiger partial charge in [0.1, 0.15) is 11.6 Å². The molecule has 0 heterocycles. The molecule has 0 aliphatic carbocycles. The van der Waals surface area contributed by atoms with Crippen molar-refractivity contribution < 1.29 is 9.13 Å². The van der Waals surface area contributed by atoms with Crippen LogP contribution in [0.4, 0.5) is 4.39 Å². The minimum absolute atomic E-state index is 0.131. The number of ether oxygens (including phenoxy) is 1. The topological polar surface area (TPSA) is 9.23 Å². The molecular formula is C24H25FO. The normalized spacial score (nSPS) is 10.7. The van der Waals surface area contributed by atoms with Crippen LogP contribution in [0.1, 0.15) is 30.0 Å². The lowest BCUT2D eigenvalue weighted by Crippen LogP contribution is -1.96. The van der Waals surface area contributed by atoms with Crippen LogP contribution in [0.5, 0.6) is 5.75 Å². The molecule has 3 aromatic rings. The summed E-state index contributed by atoms with van der Waals surface area (Å²) in [6, 6.07) is 21.9. The van der Waals surface area contributed by atoms with Crippen LogP contribution in [0.25, 0.3) is 11.1 Å². The number of benzene rings is 3. The third kappa shape index (κ3) is 4.51. The summed E-state index contributed by atoms with van der Waals surface area (Å²) in [5.74, 6) is 0.711. The molecule has 0 saturated carbocycles. The van der Waals surface area contributed by atoms with Gasteiger partial charge in [-0.1, -0.05) is 61.9 Å². The van der Waals surface area contributed by atoms with Crippen LogP contribution in [0.15, 0.2) is 66.7 Å². The fourth-order valence-corrected chi connectivity index (χ4v) is 3.15. The van der Waals surface area contributed by atoms with Gasteiger partial charge in [-0.2, -0.15) is 0 Å². The summed E-state index contributed by atoms with van der Waals surface area (Å²) in [6.07, 6.45) is 3.72. The van der Waals surface area contributed by atoms with Gasteiger partial charge in [0.05, 0.1) is 7.11 Å². The molecule has 3 rings (SSSR count). The first-order chi connectivity index (χ1) is 12.7.